The minimum atomic E-state index is -4.07. The molecule has 0 amide bonds. The Morgan fingerprint density at radius 3 is 2.28 bits per heavy atom. The number of imidazole rings is 1. The molecule has 0 saturated heterocycles. The van der Waals surface area contributed by atoms with Crippen LogP contribution in [0, 0.1) is 0 Å². The second-order valence-corrected chi connectivity index (χ2v) is 20.9. The van der Waals surface area contributed by atoms with Gasteiger partial charge in [-0.1, -0.05) is 115 Å². The van der Waals surface area contributed by atoms with E-state index >= 15 is 0 Å². The summed E-state index contributed by atoms with van der Waals surface area (Å²) in [7, 11) is -6.51. The van der Waals surface area contributed by atoms with Crippen molar-refractivity contribution in [2.45, 2.75) is 68.9 Å². The highest BCUT2D eigenvalue weighted by atomic mass is 35.5. The van der Waals surface area contributed by atoms with Crippen molar-refractivity contribution < 1.29 is 45.7 Å². The van der Waals surface area contributed by atoms with Gasteiger partial charge in [0.15, 0.2) is 5.15 Å². The quantitative estimate of drug-likeness (QED) is 0.0396. The lowest BCUT2D eigenvalue weighted by atomic mass is 9.80. The monoisotopic (exact) mass is 1130 g/mol. The van der Waals surface area contributed by atoms with E-state index in [4.69, 9.17) is 59.9 Å². The average Bonchev–Trinajstić information content (AvgIpc) is 4.03. The number of aromatic nitrogens is 6. The Balaban J connectivity index is 0.000000190. The standard InChI is InChI=1S/C22H23ClN6O.C20H25ClN2O5.C7H8ClN3O4S2/c1-2-3-8-20-24-21(23)19(14-30)29(20)13-15-9-11-16(12-10-15)17-6-4-5-7-18(17)22-25-27-28-26-22;1-4-28-20(25)18-15(11-27-10-9-22)23-12(2)16(19(24)26-3)17(18)13-7-5-6-8-14(13)21;8-4-1-5-7(2-6(4)16(9,12)13)17(14,15)11-3-10-5/h4-7,9-12,30H,2-3,8,13-14H2,1H3,(H,25,26,27,28);5-8,17,23H,4,9-11,22H2,1-3H3;1-2,10-11H,3H2,(H2,9,12,13). The highest BCUT2D eigenvalue weighted by Gasteiger charge is 2.40. The summed E-state index contributed by atoms with van der Waals surface area (Å²) in [6.07, 6.45) is 2.95. The number of aliphatic hydroxyl groups excluding tert-OH is 1. The number of fused-ring (bicyclic) bond motifs is 1. The van der Waals surface area contributed by atoms with E-state index in [1.165, 1.54) is 13.2 Å². The number of aryl methyl sites for hydroxylation is 1. The van der Waals surface area contributed by atoms with E-state index in [1.807, 2.05) is 28.8 Å². The lowest BCUT2D eigenvalue weighted by Gasteiger charge is -2.31. The normalized spacial score (nSPS) is 14.8. The van der Waals surface area contributed by atoms with Gasteiger partial charge >= 0.3 is 11.9 Å². The third-order valence-corrected chi connectivity index (χ3v) is 15.0. The van der Waals surface area contributed by atoms with Crippen LogP contribution in [0.5, 0.6) is 0 Å². The van der Waals surface area contributed by atoms with E-state index in [0.29, 0.717) is 63.9 Å². The number of rotatable bonds is 17. The molecule has 4 aromatic carbocycles. The van der Waals surface area contributed by atoms with E-state index in [0.717, 1.165) is 53.4 Å². The van der Waals surface area contributed by atoms with Gasteiger partial charge in [0.05, 0.1) is 79.4 Å². The zero-order chi connectivity index (χ0) is 54.5. The van der Waals surface area contributed by atoms with Gasteiger partial charge in [-0.3, -0.25) is 0 Å². The van der Waals surface area contributed by atoms with E-state index in [-0.39, 0.29) is 47.7 Å². The Hall–Kier alpha value is -6.25. The van der Waals surface area contributed by atoms with Crippen LogP contribution in [0.25, 0.3) is 22.5 Å². The lowest BCUT2D eigenvalue weighted by Crippen LogP contribution is -2.35. The first-order chi connectivity index (χ1) is 35.9. The number of aromatic amines is 1. The number of esters is 2. The van der Waals surface area contributed by atoms with Crippen LogP contribution in [0.2, 0.25) is 15.2 Å². The number of hydrogen-bond acceptors (Lipinski definition) is 17. The van der Waals surface area contributed by atoms with Crippen LogP contribution in [-0.2, 0) is 63.4 Å². The van der Waals surface area contributed by atoms with Crippen LogP contribution >= 0.6 is 34.8 Å². The Kier molecular flexibility index (Phi) is 20.5. The summed E-state index contributed by atoms with van der Waals surface area (Å²) in [6, 6.07) is 25.5. The lowest BCUT2D eigenvalue weighted by molar-refractivity contribution is -0.139. The van der Waals surface area contributed by atoms with Gasteiger partial charge in [-0.25, -0.2) is 36.5 Å². The molecule has 75 heavy (non-hydrogen) atoms. The van der Waals surface area contributed by atoms with Gasteiger partial charge < -0.3 is 40.3 Å². The van der Waals surface area contributed by atoms with Crippen molar-refractivity contribution in [1.82, 2.24) is 40.2 Å². The number of ether oxygens (including phenoxy) is 3. The van der Waals surface area contributed by atoms with Gasteiger partial charge in [0, 0.05) is 35.8 Å². The first-order valence-corrected chi connectivity index (χ1v) is 27.4. The number of aliphatic hydroxyl groups is 1. The van der Waals surface area contributed by atoms with Gasteiger partial charge in [-0.15, -0.1) is 10.2 Å². The molecule has 0 saturated carbocycles. The number of carbonyl (C=O) groups is 2. The molecule has 2 aliphatic heterocycles. The molecule has 400 valence electrons. The summed E-state index contributed by atoms with van der Waals surface area (Å²) in [5.74, 6) is -0.384. The summed E-state index contributed by atoms with van der Waals surface area (Å²) < 4.78 is 65.7. The molecule has 0 radical (unpaired) electrons. The molecule has 21 nitrogen and oxygen atoms in total. The van der Waals surface area contributed by atoms with Crippen molar-refractivity contribution in [3.05, 3.63) is 145 Å². The number of nitrogens with two attached hydrogens (primary N) is 2. The van der Waals surface area contributed by atoms with Crippen molar-refractivity contribution in [3.63, 3.8) is 0 Å². The number of dihydropyridines is 1. The molecule has 0 aliphatic carbocycles. The molecule has 1 unspecified atom stereocenters. The molecule has 6 aromatic rings. The number of tetrazole rings is 1. The van der Waals surface area contributed by atoms with Gasteiger partial charge in [-0.05, 0) is 65.9 Å². The molecule has 26 heteroatoms. The number of methoxy groups -OCH3 is 1. The maximum absolute atomic E-state index is 12.9. The number of hydrogen-bond donors (Lipinski definition) is 7. The van der Waals surface area contributed by atoms with Crippen LogP contribution < -0.4 is 26.2 Å². The maximum Gasteiger partial charge on any atom is 0.336 e. The number of sulfonamides is 2. The van der Waals surface area contributed by atoms with Crippen LogP contribution in [0.4, 0.5) is 5.69 Å². The van der Waals surface area contributed by atoms with Gasteiger partial charge in [-0.2, -0.15) is 9.94 Å². The SMILES string of the molecule is CCCCc1nc(Cl)c(CO)n1Cc1ccc(-c2ccccc2-c2nn[nH]n2)cc1.CCOC(=O)C1=C(COCCN)NC(C)=C(C(=O)OC)C1c1ccccc1Cl.NS(=O)(=O)c1cc2c(cc1Cl)NCNS2(=O)=O. The van der Waals surface area contributed by atoms with E-state index in [1.54, 1.807) is 38.1 Å². The summed E-state index contributed by atoms with van der Waals surface area (Å²) >= 11 is 18.4. The second-order valence-electron chi connectivity index (χ2n) is 16.5. The van der Waals surface area contributed by atoms with E-state index in [9.17, 15) is 31.5 Å². The fourth-order valence-electron chi connectivity index (χ4n) is 8.08. The van der Waals surface area contributed by atoms with Crippen molar-refractivity contribution in [2.75, 3.05) is 45.5 Å². The number of primary sulfonamides is 1. The van der Waals surface area contributed by atoms with E-state index in [2.05, 4.69) is 72.2 Å². The first-order valence-electron chi connectivity index (χ1n) is 23.2. The molecule has 1 atom stereocenters. The zero-order valence-electron chi connectivity index (χ0n) is 41.2. The van der Waals surface area contributed by atoms with Crippen molar-refractivity contribution in [1.29, 1.82) is 0 Å². The summed E-state index contributed by atoms with van der Waals surface area (Å²) in [6.45, 7) is 7.06. The fourth-order valence-corrected chi connectivity index (χ4v) is 10.9. The third kappa shape index (κ3) is 14.2. The number of halogens is 3. The third-order valence-electron chi connectivity index (χ3n) is 11.6. The predicted octanol–water partition coefficient (Wildman–Crippen LogP) is 6.18. The van der Waals surface area contributed by atoms with Crippen molar-refractivity contribution in [3.8, 4) is 22.5 Å². The molecular formula is C49H56Cl3N11O10S2. The predicted molar refractivity (Wildman–Crippen MR) is 283 cm³/mol. The van der Waals surface area contributed by atoms with Crippen molar-refractivity contribution in [2.24, 2.45) is 10.9 Å². The molecule has 9 N–H and O–H groups in total. The summed E-state index contributed by atoms with van der Waals surface area (Å²) in [5.41, 5.74) is 12.7. The first kappa shape index (κ1) is 58.0. The van der Waals surface area contributed by atoms with Gasteiger partial charge in [0.2, 0.25) is 25.9 Å². The van der Waals surface area contributed by atoms with Crippen molar-refractivity contribution >= 4 is 72.5 Å². The molecule has 2 aromatic heterocycles. The van der Waals surface area contributed by atoms with Crippen LogP contribution in [0.1, 0.15) is 62.2 Å². The largest absolute Gasteiger partial charge is 0.466 e. The van der Waals surface area contributed by atoms with Crippen LogP contribution in [0.3, 0.4) is 0 Å². The minimum Gasteiger partial charge on any atom is -0.466 e. The molecular weight excluding hydrogens is 1070 g/mol. The minimum absolute atomic E-state index is 0.0143. The molecule has 2 aliphatic rings. The number of carbonyl (C=O) groups excluding carboxylic acids is 2. The number of H-pyrrole nitrogens is 1. The van der Waals surface area contributed by atoms with Gasteiger partial charge in [0.1, 0.15) is 15.6 Å². The number of nitrogens with one attached hydrogen (secondary N) is 4. The molecule has 8 rings (SSSR count). The topological polar surface area (TPSA) is 311 Å². The second kappa shape index (κ2) is 26.5. The smallest absolute Gasteiger partial charge is 0.336 e. The number of benzene rings is 4. The number of anilines is 1. The number of unbranched alkanes of at least 4 members (excludes halogenated alkanes) is 1. The van der Waals surface area contributed by atoms with Crippen LogP contribution in [0.15, 0.2) is 117 Å². The molecule has 0 bridgehead atoms. The van der Waals surface area contributed by atoms with Crippen LogP contribution in [-0.4, -0.2) is 104 Å². The fraction of sp³-hybridized carbons (Fsp3) is 0.306. The highest BCUT2D eigenvalue weighted by Crippen LogP contribution is 2.42. The Morgan fingerprint density at radius 2 is 1.65 bits per heavy atom. The Bertz CT molecular complexity index is 3280. The zero-order valence-corrected chi connectivity index (χ0v) is 45.1. The summed E-state index contributed by atoms with van der Waals surface area (Å²) in [5, 5.41) is 35.6. The Labute approximate surface area is 449 Å². The molecule has 0 fully saturated rings. The summed E-state index contributed by atoms with van der Waals surface area (Å²) in [4.78, 5) is 29.3. The average molecular weight is 1130 g/mol. The molecule has 4 heterocycles. The van der Waals surface area contributed by atoms with E-state index < -0.39 is 42.8 Å². The molecule has 0 spiro atoms. The Morgan fingerprint density at radius 1 is 0.947 bits per heavy atom. The van der Waals surface area contributed by atoms with Gasteiger partial charge in [0.25, 0.3) is 0 Å². The maximum atomic E-state index is 12.9. The number of nitrogens with zero attached hydrogens (tertiary/aromatic N) is 5. The highest BCUT2D eigenvalue weighted by molar-refractivity contribution is 7.90. The number of allylic oxidation sites excluding steroid dienone is 1.